The third-order valence-electron chi connectivity index (χ3n) is 2.78. The second kappa shape index (κ2) is 6.49. The zero-order valence-electron chi connectivity index (χ0n) is 10.8. The van der Waals surface area contributed by atoms with Gasteiger partial charge in [0.25, 0.3) is 0 Å². The van der Waals surface area contributed by atoms with Gasteiger partial charge in [-0.3, -0.25) is 4.79 Å². The molecule has 0 aliphatic rings. The Morgan fingerprint density at radius 1 is 1.10 bits per heavy atom. The number of primary amides is 1. The van der Waals surface area contributed by atoms with E-state index in [1.165, 1.54) is 36.4 Å². The van der Waals surface area contributed by atoms with Gasteiger partial charge in [-0.05, 0) is 36.4 Å². The number of carbonyl (C=O) groups is 2. The lowest BCUT2D eigenvalue weighted by atomic mass is 10.1. The van der Waals surface area contributed by atoms with Gasteiger partial charge in [0.15, 0.2) is 0 Å². The number of nitrogens with two attached hydrogens (primary N) is 1. The van der Waals surface area contributed by atoms with Crippen LogP contribution in [0.3, 0.4) is 0 Å². The Morgan fingerprint density at radius 2 is 1.71 bits per heavy atom. The van der Waals surface area contributed by atoms with Gasteiger partial charge in [0, 0.05) is 15.6 Å². The van der Waals surface area contributed by atoms with E-state index < -0.39 is 17.7 Å². The predicted molar refractivity (Wildman–Crippen MR) is 78.2 cm³/mol. The number of ether oxygens (including phenoxy) is 1. The smallest absolute Gasteiger partial charge is 0.338 e. The molecule has 2 N–H and O–H groups in total. The second-order valence-corrected chi connectivity index (χ2v) is 5.17. The number of rotatable bonds is 4. The van der Waals surface area contributed by atoms with E-state index in [1.54, 1.807) is 6.07 Å². The fraction of sp³-hybridized carbons (Fsp3) is 0.0667. The zero-order valence-corrected chi connectivity index (χ0v) is 12.4. The maximum Gasteiger partial charge on any atom is 0.338 e. The molecule has 6 heteroatoms. The van der Waals surface area contributed by atoms with E-state index in [2.05, 4.69) is 15.9 Å². The van der Waals surface area contributed by atoms with Crippen molar-refractivity contribution in [3.8, 4) is 0 Å². The molecule has 2 aromatic rings. The van der Waals surface area contributed by atoms with Crippen molar-refractivity contribution in [2.45, 2.75) is 6.61 Å². The van der Waals surface area contributed by atoms with Crippen molar-refractivity contribution in [2.24, 2.45) is 5.73 Å². The molecule has 1 amide bonds. The minimum Gasteiger partial charge on any atom is -0.457 e. The topological polar surface area (TPSA) is 69.4 Å². The first kappa shape index (κ1) is 15.2. The first-order valence-corrected chi connectivity index (χ1v) is 6.77. The molecule has 2 aromatic carbocycles. The SMILES string of the molecule is NC(=O)c1ccc(C(=O)OCc2ccc(Br)cc2F)cc1. The second-order valence-electron chi connectivity index (χ2n) is 4.25. The van der Waals surface area contributed by atoms with Crippen molar-refractivity contribution in [1.29, 1.82) is 0 Å². The Morgan fingerprint density at radius 3 is 2.29 bits per heavy atom. The van der Waals surface area contributed by atoms with Crippen molar-refractivity contribution < 1.29 is 18.7 Å². The Hall–Kier alpha value is -2.21. The van der Waals surface area contributed by atoms with Crippen LogP contribution in [0.4, 0.5) is 4.39 Å². The van der Waals surface area contributed by atoms with Gasteiger partial charge in [0.1, 0.15) is 12.4 Å². The minimum atomic E-state index is -0.603. The molecule has 0 unspecified atom stereocenters. The lowest BCUT2D eigenvalue weighted by Crippen LogP contribution is -2.11. The summed E-state index contributed by atoms with van der Waals surface area (Å²) in [5, 5.41) is 0. The number of amides is 1. The van der Waals surface area contributed by atoms with E-state index in [0.717, 1.165) is 0 Å². The molecule has 4 nitrogen and oxygen atoms in total. The molecule has 0 saturated carbocycles. The summed E-state index contributed by atoms with van der Waals surface area (Å²) < 4.78 is 19.2. The Balaban J connectivity index is 2.02. The van der Waals surface area contributed by atoms with Crippen molar-refractivity contribution in [3.63, 3.8) is 0 Å². The van der Waals surface area contributed by atoms with Gasteiger partial charge in [-0.1, -0.05) is 22.0 Å². The molecular formula is C15H11BrFNO3. The van der Waals surface area contributed by atoms with Crippen LogP contribution in [0, 0.1) is 5.82 Å². The fourth-order valence-corrected chi connectivity index (χ4v) is 1.97. The number of hydrogen-bond acceptors (Lipinski definition) is 3. The summed E-state index contributed by atoms with van der Waals surface area (Å²) in [7, 11) is 0. The van der Waals surface area contributed by atoms with E-state index in [9.17, 15) is 14.0 Å². The van der Waals surface area contributed by atoms with Gasteiger partial charge in [-0.2, -0.15) is 0 Å². The van der Waals surface area contributed by atoms with E-state index in [-0.39, 0.29) is 17.7 Å². The highest BCUT2D eigenvalue weighted by Gasteiger charge is 2.10. The molecule has 0 radical (unpaired) electrons. The quantitative estimate of drug-likeness (QED) is 0.860. The van der Waals surface area contributed by atoms with Gasteiger partial charge >= 0.3 is 5.97 Å². The van der Waals surface area contributed by atoms with E-state index in [1.807, 2.05) is 0 Å². The molecule has 0 aliphatic heterocycles. The molecule has 0 atom stereocenters. The van der Waals surface area contributed by atoms with E-state index in [0.29, 0.717) is 10.0 Å². The summed E-state index contributed by atoms with van der Waals surface area (Å²) in [6.07, 6.45) is 0. The number of carbonyl (C=O) groups excluding carboxylic acids is 2. The van der Waals surface area contributed by atoms with Crippen LogP contribution in [0.25, 0.3) is 0 Å². The highest BCUT2D eigenvalue weighted by atomic mass is 79.9. The van der Waals surface area contributed by atoms with Crippen LogP contribution in [0.1, 0.15) is 26.3 Å². The molecule has 21 heavy (non-hydrogen) atoms. The molecule has 108 valence electrons. The van der Waals surface area contributed by atoms with Crippen molar-refractivity contribution >= 4 is 27.8 Å². The standard InChI is InChI=1S/C15H11BrFNO3/c16-12-6-5-11(13(17)7-12)8-21-15(20)10-3-1-9(2-4-10)14(18)19/h1-7H,8H2,(H2,18,19). The van der Waals surface area contributed by atoms with Crippen molar-refractivity contribution in [3.05, 3.63) is 69.4 Å². The predicted octanol–water partition coefficient (Wildman–Crippen LogP) is 3.04. The molecule has 0 fully saturated rings. The lowest BCUT2D eigenvalue weighted by molar-refractivity contribution is 0.0468. The molecule has 0 saturated heterocycles. The van der Waals surface area contributed by atoms with E-state index >= 15 is 0 Å². The molecule has 0 spiro atoms. The van der Waals surface area contributed by atoms with Crippen molar-refractivity contribution in [2.75, 3.05) is 0 Å². The van der Waals surface area contributed by atoms with Gasteiger partial charge in [-0.25, -0.2) is 9.18 Å². The summed E-state index contributed by atoms with van der Waals surface area (Å²) in [6.45, 7) is -0.171. The molecule has 0 aliphatic carbocycles. The number of hydrogen-bond donors (Lipinski definition) is 1. The van der Waals surface area contributed by atoms with Gasteiger partial charge < -0.3 is 10.5 Å². The molecule has 0 bridgehead atoms. The summed E-state index contributed by atoms with van der Waals surface area (Å²) in [5.41, 5.74) is 5.94. The number of benzene rings is 2. The number of halogens is 2. The first-order valence-electron chi connectivity index (χ1n) is 5.98. The normalized spacial score (nSPS) is 10.2. The largest absolute Gasteiger partial charge is 0.457 e. The molecular weight excluding hydrogens is 341 g/mol. The Kier molecular flexibility index (Phi) is 4.70. The monoisotopic (exact) mass is 351 g/mol. The summed E-state index contributed by atoms with van der Waals surface area (Å²) in [6, 6.07) is 10.2. The maximum atomic E-state index is 13.6. The average Bonchev–Trinajstić information content (AvgIpc) is 2.46. The summed E-state index contributed by atoms with van der Waals surface area (Å²) >= 11 is 3.15. The highest BCUT2D eigenvalue weighted by molar-refractivity contribution is 9.10. The molecule has 0 heterocycles. The lowest BCUT2D eigenvalue weighted by Gasteiger charge is -2.06. The summed E-state index contributed by atoms with van der Waals surface area (Å²) in [4.78, 5) is 22.7. The van der Waals surface area contributed by atoms with Gasteiger partial charge in [-0.15, -0.1) is 0 Å². The zero-order chi connectivity index (χ0) is 15.4. The van der Waals surface area contributed by atoms with Crippen molar-refractivity contribution in [1.82, 2.24) is 0 Å². The average molecular weight is 352 g/mol. The van der Waals surface area contributed by atoms with Crippen LogP contribution in [0.2, 0.25) is 0 Å². The molecule has 2 rings (SSSR count). The minimum absolute atomic E-state index is 0.171. The Bertz CT molecular complexity index is 686. The third kappa shape index (κ3) is 3.88. The fourth-order valence-electron chi connectivity index (χ4n) is 1.64. The Labute approximate surface area is 128 Å². The van der Waals surface area contributed by atoms with Crippen LogP contribution in [-0.4, -0.2) is 11.9 Å². The van der Waals surface area contributed by atoms with Gasteiger partial charge in [0.05, 0.1) is 5.56 Å². The van der Waals surface area contributed by atoms with Crippen LogP contribution in [-0.2, 0) is 11.3 Å². The number of esters is 1. The van der Waals surface area contributed by atoms with Crippen LogP contribution in [0.5, 0.6) is 0 Å². The third-order valence-corrected chi connectivity index (χ3v) is 3.27. The highest BCUT2D eigenvalue weighted by Crippen LogP contribution is 2.16. The maximum absolute atomic E-state index is 13.6. The summed E-state index contributed by atoms with van der Waals surface area (Å²) in [5.74, 6) is -1.64. The van der Waals surface area contributed by atoms with Gasteiger partial charge in [0.2, 0.25) is 5.91 Å². The van der Waals surface area contributed by atoms with E-state index in [4.69, 9.17) is 10.5 Å². The first-order chi connectivity index (χ1) is 9.97. The molecule has 0 aromatic heterocycles. The van der Waals surface area contributed by atoms with Crippen LogP contribution >= 0.6 is 15.9 Å². The van der Waals surface area contributed by atoms with Crippen LogP contribution < -0.4 is 5.73 Å². The van der Waals surface area contributed by atoms with Crippen LogP contribution in [0.15, 0.2) is 46.9 Å².